The lowest BCUT2D eigenvalue weighted by molar-refractivity contribution is 0.577. The smallest absolute Gasteiger partial charge is 0.124 e. The SMILES string of the molecule is CC(C)(C)c1cc(-c2cnc3c(C(C)(C)C)cc(F)cc3c2)cc2cnccc12. The van der Waals surface area contributed by atoms with Gasteiger partial charge in [0, 0.05) is 34.9 Å². The van der Waals surface area contributed by atoms with Crippen molar-refractivity contribution in [2.45, 2.75) is 52.4 Å². The molecule has 2 nitrogen and oxygen atoms in total. The van der Waals surface area contributed by atoms with Gasteiger partial charge in [-0.2, -0.15) is 0 Å². The third-order valence-electron chi connectivity index (χ3n) is 5.45. The molecule has 0 fully saturated rings. The average molecular weight is 387 g/mol. The Bertz CT molecular complexity index is 1230. The largest absolute Gasteiger partial charge is 0.264 e. The van der Waals surface area contributed by atoms with Crippen LogP contribution in [0.15, 0.2) is 55.0 Å². The lowest BCUT2D eigenvalue weighted by Crippen LogP contribution is -2.13. The number of hydrogen-bond donors (Lipinski definition) is 0. The number of rotatable bonds is 1. The van der Waals surface area contributed by atoms with E-state index in [-0.39, 0.29) is 16.6 Å². The van der Waals surface area contributed by atoms with Gasteiger partial charge in [-0.15, -0.1) is 0 Å². The highest BCUT2D eigenvalue weighted by molar-refractivity contribution is 5.92. The number of fused-ring (bicyclic) bond motifs is 2. The zero-order valence-corrected chi connectivity index (χ0v) is 18.0. The summed E-state index contributed by atoms with van der Waals surface area (Å²) in [5, 5.41) is 3.15. The van der Waals surface area contributed by atoms with Crippen molar-refractivity contribution in [2.75, 3.05) is 0 Å². The van der Waals surface area contributed by atoms with E-state index >= 15 is 0 Å². The van der Waals surface area contributed by atoms with Crippen LogP contribution in [0, 0.1) is 5.82 Å². The van der Waals surface area contributed by atoms with Gasteiger partial charge in [0.1, 0.15) is 5.82 Å². The minimum absolute atomic E-state index is 0.00853. The van der Waals surface area contributed by atoms with Gasteiger partial charge in [0.2, 0.25) is 0 Å². The first-order valence-electron chi connectivity index (χ1n) is 10.0. The number of nitrogens with zero attached hydrogens (tertiary/aromatic N) is 2. The van der Waals surface area contributed by atoms with E-state index in [0.717, 1.165) is 33.0 Å². The summed E-state index contributed by atoms with van der Waals surface area (Å²) in [5.41, 5.74) is 4.93. The number of hydrogen-bond acceptors (Lipinski definition) is 2. The van der Waals surface area contributed by atoms with Gasteiger partial charge in [0.05, 0.1) is 5.52 Å². The Morgan fingerprint density at radius 3 is 2.10 bits per heavy atom. The molecule has 4 aromatic rings. The van der Waals surface area contributed by atoms with Crippen LogP contribution in [0.5, 0.6) is 0 Å². The van der Waals surface area contributed by atoms with Gasteiger partial charge >= 0.3 is 0 Å². The highest BCUT2D eigenvalue weighted by Gasteiger charge is 2.21. The van der Waals surface area contributed by atoms with Crippen LogP contribution in [0.2, 0.25) is 0 Å². The fraction of sp³-hybridized carbons (Fsp3) is 0.308. The van der Waals surface area contributed by atoms with E-state index in [1.54, 1.807) is 12.1 Å². The molecule has 0 bridgehead atoms. The standard InChI is InChI=1S/C26H27FN2/c1-25(2,3)22-12-16(9-19-14-28-8-7-21(19)22)18-10-17-11-20(27)13-23(26(4,5)6)24(17)29-15-18/h7-15H,1-6H3. The minimum Gasteiger partial charge on any atom is -0.264 e. The molecule has 0 N–H and O–H groups in total. The molecule has 2 heterocycles. The van der Waals surface area contributed by atoms with Crippen molar-refractivity contribution in [3.63, 3.8) is 0 Å². The molecule has 0 aliphatic rings. The molecule has 0 unspecified atom stereocenters. The Balaban J connectivity index is 1.97. The molecule has 4 rings (SSSR count). The molecule has 0 saturated carbocycles. The Labute approximate surface area is 171 Å². The molecule has 0 saturated heterocycles. The monoisotopic (exact) mass is 386 g/mol. The fourth-order valence-corrected chi connectivity index (χ4v) is 3.94. The molecule has 29 heavy (non-hydrogen) atoms. The van der Waals surface area contributed by atoms with Gasteiger partial charge in [-0.1, -0.05) is 41.5 Å². The summed E-state index contributed by atoms with van der Waals surface area (Å²) < 4.78 is 14.4. The highest BCUT2D eigenvalue weighted by Crippen LogP contribution is 2.36. The molecule has 2 aromatic carbocycles. The third-order valence-corrected chi connectivity index (χ3v) is 5.45. The van der Waals surface area contributed by atoms with Crippen molar-refractivity contribution in [3.05, 3.63) is 71.9 Å². The summed E-state index contributed by atoms with van der Waals surface area (Å²) in [7, 11) is 0. The van der Waals surface area contributed by atoms with Crippen molar-refractivity contribution >= 4 is 21.7 Å². The fourth-order valence-electron chi connectivity index (χ4n) is 3.94. The zero-order chi connectivity index (χ0) is 21.0. The van der Waals surface area contributed by atoms with Crippen LogP contribution in [0.4, 0.5) is 4.39 Å². The van der Waals surface area contributed by atoms with Crippen LogP contribution in [-0.2, 0) is 10.8 Å². The molecule has 0 aliphatic heterocycles. The first kappa shape index (κ1) is 19.5. The summed E-state index contributed by atoms with van der Waals surface area (Å²) in [6.45, 7) is 12.9. The summed E-state index contributed by atoms with van der Waals surface area (Å²) >= 11 is 0. The van der Waals surface area contributed by atoms with Crippen LogP contribution in [0.25, 0.3) is 32.8 Å². The first-order chi connectivity index (χ1) is 13.5. The summed E-state index contributed by atoms with van der Waals surface area (Å²) in [6, 6.07) is 11.7. The normalized spacial score (nSPS) is 12.7. The molecule has 148 valence electrons. The van der Waals surface area contributed by atoms with E-state index in [0.29, 0.717) is 0 Å². The van der Waals surface area contributed by atoms with E-state index in [4.69, 9.17) is 4.98 Å². The summed E-state index contributed by atoms with van der Waals surface area (Å²) in [6.07, 6.45) is 5.64. The average Bonchev–Trinajstić information content (AvgIpc) is 2.64. The van der Waals surface area contributed by atoms with Gasteiger partial charge in [-0.3, -0.25) is 9.97 Å². The van der Waals surface area contributed by atoms with E-state index in [1.807, 2.05) is 24.7 Å². The highest BCUT2D eigenvalue weighted by atomic mass is 19.1. The minimum atomic E-state index is -0.223. The Hall–Kier alpha value is -2.81. The molecular weight excluding hydrogens is 359 g/mol. The Morgan fingerprint density at radius 1 is 0.724 bits per heavy atom. The Kier molecular flexibility index (Phi) is 4.45. The third kappa shape index (κ3) is 3.62. The first-order valence-corrected chi connectivity index (χ1v) is 10.0. The maximum atomic E-state index is 14.4. The van der Waals surface area contributed by atoms with Crippen LogP contribution >= 0.6 is 0 Å². The quantitative estimate of drug-likeness (QED) is 0.346. The lowest BCUT2D eigenvalue weighted by Gasteiger charge is -2.23. The maximum Gasteiger partial charge on any atom is 0.124 e. The zero-order valence-electron chi connectivity index (χ0n) is 18.0. The number of benzene rings is 2. The molecule has 0 spiro atoms. The number of pyridine rings is 2. The van der Waals surface area contributed by atoms with Gasteiger partial charge in [0.25, 0.3) is 0 Å². The Morgan fingerprint density at radius 2 is 1.41 bits per heavy atom. The van der Waals surface area contributed by atoms with E-state index in [1.165, 1.54) is 10.9 Å². The molecule has 0 atom stereocenters. The van der Waals surface area contributed by atoms with Crippen LogP contribution in [0.1, 0.15) is 52.7 Å². The van der Waals surface area contributed by atoms with Crippen molar-refractivity contribution in [1.82, 2.24) is 9.97 Å². The van der Waals surface area contributed by atoms with Crippen molar-refractivity contribution in [3.8, 4) is 11.1 Å². The maximum absolute atomic E-state index is 14.4. The predicted octanol–water partition coefficient (Wildman–Crippen LogP) is 7.18. The molecular formula is C26H27FN2. The van der Waals surface area contributed by atoms with E-state index < -0.39 is 0 Å². The molecule has 3 heteroatoms. The van der Waals surface area contributed by atoms with E-state index in [9.17, 15) is 4.39 Å². The van der Waals surface area contributed by atoms with Gasteiger partial charge in [-0.05, 0) is 69.3 Å². The second kappa shape index (κ2) is 6.62. The summed E-state index contributed by atoms with van der Waals surface area (Å²) in [4.78, 5) is 9.06. The molecule has 2 aromatic heterocycles. The van der Waals surface area contributed by atoms with E-state index in [2.05, 4.69) is 64.7 Å². The van der Waals surface area contributed by atoms with Gasteiger partial charge in [-0.25, -0.2) is 4.39 Å². The van der Waals surface area contributed by atoms with Crippen molar-refractivity contribution in [1.29, 1.82) is 0 Å². The summed E-state index contributed by atoms with van der Waals surface area (Å²) in [5.74, 6) is -0.223. The second-order valence-corrected chi connectivity index (χ2v) is 9.87. The van der Waals surface area contributed by atoms with Gasteiger partial charge < -0.3 is 0 Å². The van der Waals surface area contributed by atoms with Crippen LogP contribution in [-0.4, -0.2) is 9.97 Å². The second-order valence-electron chi connectivity index (χ2n) is 9.87. The van der Waals surface area contributed by atoms with Crippen molar-refractivity contribution in [2.24, 2.45) is 0 Å². The molecule has 0 aliphatic carbocycles. The van der Waals surface area contributed by atoms with Crippen LogP contribution in [0.3, 0.4) is 0 Å². The lowest BCUT2D eigenvalue weighted by atomic mass is 9.82. The number of aromatic nitrogens is 2. The van der Waals surface area contributed by atoms with Crippen LogP contribution < -0.4 is 0 Å². The van der Waals surface area contributed by atoms with Gasteiger partial charge in [0.15, 0.2) is 0 Å². The molecule has 0 amide bonds. The number of halogens is 1. The predicted molar refractivity (Wildman–Crippen MR) is 120 cm³/mol. The molecule has 0 radical (unpaired) electrons. The van der Waals surface area contributed by atoms with Crippen molar-refractivity contribution < 1.29 is 4.39 Å². The topological polar surface area (TPSA) is 25.8 Å².